The molecule has 0 unspecified atom stereocenters. The number of hydrogen-bond donors (Lipinski definition) is 1. The Morgan fingerprint density at radius 3 is 2.47 bits per heavy atom. The molecule has 38 heavy (non-hydrogen) atoms. The zero-order chi connectivity index (χ0) is 26.5. The molecule has 0 aliphatic carbocycles. The molecule has 0 spiro atoms. The number of nitrogens with one attached hydrogen (secondary N) is 1. The van der Waals surface area contributed by atoms with E-state index in [-0.39, 0.29) is 0 Å². The third kappa shape index (κ3) is 5.28. The van der Waals surface area contributed by atoms with Crippen molar-refractivity contribution in [1.29, 1.82) is 0 Å². The quantitative estimate of drug-likeness (QED) is 0.316. The highest BCUT2D eigenvalue weighted by Crippen LogP contribution is 2.29. The monoisotopic (exact) mass is 515 g/mol. The maximum absolute atomic E-state index is 11.1. The summed E-state index contributed by atoms with van der Waals surface area (Å²) in [6, 6.07) is 8.10. The van der Waals surface area contributed by atoms with Gasteiger partial charge >= 0.3 is 0 Å². The molecule has 11 heteroatoms. The second kappa shape index (κ2) is 11.5. The van der Waals surface area contributed by atoms with Crippen LogP contribution >= 0.6 is 0 Å². The highest BCUT2D eigenvalue weighted by Gasteiger charge is 2.24. The van der Waals surface area contributed by atoms with Crippen LogP contribution in [0, 0.1) is 0 Å². The average Bonchev–Trinajstić information content (AvgIpc) is 3.30. The van der Waals surface area contributed by atoms with Crippen LogP contribution in [0.25, 0.3) is 22.6 Å². The minimum Gasteiger partial charge on any atom is -0.388 e. The number of nitrogens with zero attached hydrogens (tertiary/aromatic N) is 8. The van der Waals surface area contributed by atoms with Gasteiger partial charge in [-0.2, -0.15) is 0 Å². The van der Waals surface area contributed by atoms with E-state index in [9.17, 15) is 4.79 Å². The van der Waals surface area contributed by atoms with Gasteiger partial charge in [-0.1, -0.05) is 13.3 Å². The number of aldehydes is 1. The summed E-state index contributed by atoms with van der Waals surface area (Å²) in [5.74, 6) is 2.89. The van der Waals surface area contributed by atoms with Crippen molar-refractivity contribution in [2.75, 3.05) is 55.0 Å². The number of aromatic nitrogens is 6. The first kappa shape index (κ1) is 25.5. The lowest BCUT2D eigenvalue weighted by Crippen LogP contribution is -2.37. The zero-order valence-corrected chi connectivity index (χ0v) is 22.1. The first-order valence-electron chi connectivity index (χ1n) is 13.0. The Hall–Kier alpha value is -4.12. The maximum Gasteiger partial charge on any atom is 0.225 e. The lowest BCUT2D eigenvalue weighted by atomic mass is 10.2. The first-order valence-corrected chi connectivity index (χ1v) is 13.0. The smallest absolute Gasteiger partial charge is 0.225 e. The van der Waals surface area contributed by atoms with Crippen molar-refractivity contribution in [1.82, 2.24) is 29.5 Å². The number of carbonyl (C=O) groups is 1. The van der Waals surface area contributed by atoms with E-state index in [1.54, 1.807) is 12.4 Å². The van der Waals surface area contributed by atoms with Gasteiger partial charge in [0.2, 0.25) is 5.95 Å². The lowest BCUT2D eigenvalue weighted by Gasteiger charge is -2.28. The average molecular weight is 516 g/mol. The first-order chi connectivity index (χ1) is 18.6. The highest BCUT2D eigenvalue weighted by molar-refractivity contribution is 5.86. The van der Waals surface area contributed by atoms with Gasteiger partial charge in [-0.15, -0.1) is 0 Å². The van der Waals surface area contributed by atoms with Gasteiger partial charge in [-0.05, 0) is 30.7 Å². The summed E-state index contributed by atoms with van der Waals surface area (Å²) in [6.45, 7) is 6.21. The molecule has 0 bridgehead atoms. The molecular weight excluding hydrogens is 482 g/mol. The van der Waals surface area contributed by atoms with Crippen molar-refractivity contribution < 1.29 is 9.53 Å². The van der Waals surface area contributed by atoms with Crippen LogP contribution in [0.5, 0.6) is 0 Å². The van der Waals surface area contributed by atoms with Crippen LogP contribution in [0.4, 0.5) is 17.5 Å². The summed E-state index contributed by atoms with van der Waals surface area (Å²) in [7, 11) is 3.89. The van der Waals surface area contributed by atoms with Crippen LogP contribution in [0.15, 0.2) is 36.7 Å². The number of carbonyl (C=O) groups excluding carboxylic acids is 1. The molecule has 0 radical (unpaired) electrons. The fraction of sp³-hybridized carbons (Fsp3) is 0.407. The Balaban J connectivity index is 1.57. The van der Waals surface area contributed by atoms with Crippen molar-refractivity contribution in [3.05, 3.63) is 48.0 Å². The Morgan fingerprint density at radius 1 is 1.08 bits per heavy atom. The second-order valence-corrected chi connectivity index (χ2v) is 9.27. The van der Waals surface area contributed by atoms with Crippen molar-refractivity contribution in [2.45, 2.75) is 26.3 Å². The molecule has 0 saturated carbocycles. The maximum atomic E-state index is 11.1. The number of benzene rings is 1. The molecule has 1 fully saturated rings. The summed E-state index contributed by atoms with van der Waals surface area (Å²) in [4.78, 5) is 39.3. The topological polar surface area (TPSA) is 114 Å². The Bertz CT molecular complexity index is 1380. The molecule has 1 saturated heterocycles. The number of aryl methyl sites for hydroxylation is 1. The Morgan fingerprint density at radius 2 is 1.82 bits per heavy atom. The summed E-state index contributed by atoms with van der Waals surface area (Å²) >= 11 is 0. The molecule has 4 aromatic rings. The number of hydrogen-bond acceptors (Lipinski definition) is 10. The highest BCUT2D eigenvalue weighted by atomic mass is 16.5. The van der Waals surface area contributed by atoms with E-state index in [1.807, 2.05) is 42.9 Å². The fourth-order valence-electron chi connectivity index (χ4n) is 4.47. The van der Waals surface area contributed by atoms with E-state index in [4.69, 9.17) is 19.7 Å². The van der Waals surface area contributed by atoms with Crippen molar-refractivity contribution in [2.24, 2.45) is 7.05 Å². The van der Waals surface area contributed by atoms with E-state index < -0.39 is 0 Å². The number of morpholine rings is 1. The summed E-state index contributed by atoms with van der Waals surface area (Å²) in [5.41, 5.74) is 3.97. The van der Waals surface area contributed by atoms with E-state index in [1.165, 1.54) is 0 Å². The largest absolute Gasteiger partial charge is 0.388 e. The molecule has 1 N–H and O–H groups in total. The SMILES string of the molecule is CCCCN(Cc1nc2c(N3CCOCC3)nc(-c3ccc(NC)cc3)nc2n1C)c1ncc(C=O)cn1. The van der Waals surface area contributed by atoms with Gasteiger partial charge in [0.05, 0.1) is 25.3 Å². The molecule has 5 rings (SSSR count). The van der Waals surface area contributed by atoms with Crippen LogP contribution in [-0.4, -0.2) is 75.7 Å². The van der Waals surface area contributed by atoms with Crippen molar-refractivity contribution in [3.8, 4) is 11.4 Å². The van der Waals surface area contributed by atoms with Crippen LogP contribution in [-0.2, 0) is 18.3 Å². The van der Waals surface area contributed by atoms with Gasteiger partial charge in [-0.3, -0.25) is 4.79 Å². The van der Waals surface area contributed by atoms with Gasteiger partial charge in [0.1, 0.15) is 5.82 Å². The summed E-state index contributed by atoms with van der Waals surface area (Å²) in [6.07, 6.45) is 5.87. The Kier molecular flexibility index (Phi) is 7.73. The molecule has 1 aliphatic rings. The number of unbranched alkanes of at least 4 members (excludes halogenated alkanes) is 1. The number of ether oxygens (including phenoxy) is 1. The minimum absolute atomic E-state index is 0.452. The van der Waals surface area contributed by atoms with E-state index in [2.05, 4.69) is 32.0 Å². The number of rotatable bonds is 10. The van der Waals surface area contributed by atoms with Gasteiger partial charge < -0.3 is 24.4 Å². The molecular formula is C27H33N9O2. The third-order valence-electron chi connectivity index (χ3n) is 6.73. The predicted octanol–water partition coefficient (Wildman–Crippen LogP) is 3.32. The van der Waals surface area contributed by atoms with Crippen LogP contribution in [0.2, 0.25) is 0 Å². The molecule has 11 nitrogen and oxygen atoms in total. The minimum atomic E-state index is 0.452. The third-order valence-corrected chi connectivity index (χ3v) is 6.73. The number of fused-ring (bicyclic) bond motifs is 1. The van der Waals surface area contributed by atoms with Gasteiger partial charge in [0, 0.05) is 57.4 Å². The molecule has 1 aliphatic heterocycles. The van der Waals surface area contributed by atoms with Crippen LogP contribution in [0.3, 0.4) is 0 Å². The van der Waals surface area contributed by atoms with Crippen LogP contribution < -0.4 is 15.1 Å². The lowest BCUT2D eigenvalue weighted by molar-refractivity contribution is 0.112. The molecule has 198 valence electrons. The standard InChI is InChI=1S/C27H33N9O2/c1-4-5-10-36(27-29-15-19(18-37)16-30-27)17-22-31-23-25(34(22)3)32-24(20-6-8-21(28-2)9-7-20)33-26(23)35-11-13-38-14-12-35/h6-9,15-16,18,28H,4-5,10-14,17H2,1-3H3. The number of anilines is 3. The van der Waals surface area contributed by atoms with E-state index in [0.29, 0.717) is 37.1 Å². The molecule has 3 aromatic heterocycles. The van der Waals surface area contributed by atoms with E-state index >= 15 is 0 Å². The Labute approximate surface area is 221 Å². The molecule has 4 heterocycles. The fourth-order valence-corrected chi connectivity index (χ4v) is 4.47. The van der Waals surface area contributed by atoms with Crippen molar-refractivity contribution in [3.63, 3.8) is 0 Å². The zero-order valence-electron chi connectivity index (χ0n) is 22.1. The molecule has 1 aromatic carbocycles. The molecule has 0 atom stereocenters. The second-order valence-electron chi connectivity index (χ2n) is 9.27. The predicted molar refractivity (Wildman–Crippen MR) is 148 cm³/mol. The summed E-state index contributed by atoms with van der Waals surface area (Å²) in [5, 5.41) is 3.15. The normalized spacial score (nSPS) is 13.6. The van der Waals surface area contributed by atoms with Crippen LogP contribution in [0.1, 0.15) is 35.9 Å². The van der Waals surface area contributed by atoms with Gasteiger partial charge in [0.25, 0.3) is 0 Å². The summed E-state index contributed by atoms with van der Waals surface area (Å²) < 4.78 is 7.63. The van der Waals surface area contributed by atoms with E-state index in [0.717, 1.165) is 72.8 Å². The van der Waals surface area contributed by atoms with Gasteiger partial charge in [0.15, 0.2) is 29.1 Å². The molecule has 0 amide bonds. The van der Waals surface area contributed by atoms with Gasteiger partial charge in [-0.25, -0.2) is 24.9 Å². The van der Waals surface area contributed by atoms with Crippen molar-refractivity contribution >= 4 is 34.9 Å². The number of imidazole rings is 1.